The van der Waals surface area contributed by atoms with Crippen LogP contribution in [0.2, 0.25) is 0 Å². The van der Waals surface area contributed by atoms with E-state index in [4.69, 9.17) is 5.73 Å². The van der Waals surface area contributed by atoms with Gasteiger partial charge in [-0.15, -0.1) is 0 Å². The normalized spacial score (nSPS) is 11.2. The SMILES string of the molecule is CN(C)c1nc(NC(C)(C)C)nc(SCC(N)=O)n1. The Bertz CT molecular complexity index is 457. The van der Waals surface area contributed by atoms with Crippen LogP contribution in [-0.2, 0) is 4.79 Å². The van der Waals surface area contributed by atoms with Crippen molar-refractivity contribution in [2.45, 2.75) is 31.5 Å². The van der Waals surface area contributed by atoms with Crippen LogP contribution >= 0.6 is 11.8 Å². The molecule has 0 unspecified atom stereocenters. The Labute approximate surface area is 117 Å². The minimum Gasteiger partial charge on any atom is -0.369 e. The van der Waals surface area contributed by atoms with Gasteiger partial charge in [-0.25, -0.2) is 0 Å². The van der Waals surface area contributed by atoms with Gasteiger partial charge >= 0.3 is 0 Å². The summed E-state index contributed by atoms with van der Waals surface area (Å²) in [6.45, 7) is 6.05. The van der Waals surface area contributed by atoms with Gasteiger partial charge in [-0.1, -0.05) is 11.8 Å². The number of hydrogen-bond acceptors (Lipinski definition) is 7. The van der Waals surface area contributed by atoms with E-state index in [0.29, 0.717) is 17.1 Å². The highest BCUT2D eigenvalue weighted by Crippen LogP contribution is 2.19. The summed E-state index contributed by atoms with van der Waals surface area (Å²) in [5.41, 5.74) is 4.96. The van der Waals surface area contributed by atoms with Crippen LogP contribution in [0.5, 0.6) is 0 Å². The lowest BCUT2D eigenvalue weighted by molar-refractivity contribution is -0.115. The largest absolute Gasteiger partial charge is 0.369 e. The number of hydrogen-bond donors (Lipinski definition) is 2. The topological polar surface area (TPSA) is 97.0 Å². The third-order valence-electron chi connectivity index (χ3n) is 1.83. The van der Waals surface area contributed by atoms with Crippen LogP contribution in [0.1, 0.15) is 20.8 Å². The molecule has 1 amide bonds. The van der Waals surface area contributed by atoms with Crippen molar-refractivity contribution in [1.29, 1.82) is 0 Å². The summed E-state index contributed by atoms with van der Waals surface area (Å²) in [4.78, 5) is 25.4. The Kier molecular flexibility index (Phi) is 4.93. The number of rotatable bonds is 5. The number of nitrogens with zero attached hydrogens (tertiary/aromatic N) is 4. The molecule has 19 heavy (non-hydrogen) atoms. The van der Waals surface area contributed by atoms with Gasteiger partial charge in [0.2, 0.25) is 17.8 Å². The maximum Gasteiger partial charge on any atom is 0.230 e. The van der Waals surface area contributed by atoms with Gasteiger partial charge < -0.3 is 16.0 Å². The Morgan fingerprint density at radius 2 is 1.95 bits per heavy atom. The zero-order valence-corrected chi connectivity index (χ0v) is 12.7. The lowest BCUT2D eigenvalue weighted by Gasteiger charge is -2.21. The lowest BCUT2D eigenvalue weighted by atomic mass is 10.1. The Morgan fingerprint density at radius 3 is 2.42 bits per heavy atom. The summed E-state index contributed by atoms with van der Waals surface area (Å²) in [5.74, 6) is 0.764. The van der Waals surface area contributed by atoms with Gasteiger partial charge in [-0.3, -0.25) is 4.79 Å². The van der Waals surface area contributed by atoms with Crippen molar-refractivity contribution in [2.24, 2.45) is 5.73 Å². The monoisotopic (exact) mass is 284 g/mol. The fraction of sp³-hybridized carbons (Fsp3) is 0.636. The van der Waals surface area contributed by atoms with Gasteiger partial charge in [-0.05, 0) is 20.8 Å². The molecule has 0 saturated heterocycles. The number of carbonyl (C=O) groups excluding carboxylic acids is 1. The van der Waals surface area contributed by atoms with Gasteiger partial charge in [0.1, 0.15) is 0 Å². The predicted octanol–water partition coefficient (Wildman–Crippen LogP) is 0.725. The standard InChI is InChI=1S/C11H20N6OS/c1-11(2,3)16-8-13-9(17(4)5)15-10(14-8)19-6-7(12)18/h6H2,1-5H3,(H2,12,18)(H,13,14,15,16). The molecule has 3 N–H and O–H groups in total. The van der Waals surface area contributed by atoms with Gasteiger partial charge in [-0.2, -0.15) is 15.0 Å². The van der Waals surface area contributed by atoms with E-state index in [1.54, 1.807) is 4.90 Å². The molecule has 0 radical (unpaired) electrons. The van der Waals surface area contributed by atoms with Crippen LogP contribution in [0.25, 0.3) is 0 Å². The highest BCUT2D eigenvalue weighted by Gasteiger charge is 2.15. The molecule has 1 aromatic heterocycles. The van der Waals surface area contributed by atoms with Gasteiger partial charge in [0.25, 0.3) is 0 Å². The molecule has 0 aliphatic heterocycles. The van der Waals surface area contributed by atoms with Gasteiger partial charge in [0.05, 0.1) is 5.75 Å². The van der Waals surface area contributed by atoms with Crippen LogP contribution in [0.4, 0.5) is 11.9 Å². The minimum atomic E-state index is -0.401. The number of primary amides is 1. The van der Waals surface area contributed by atoms with Gasteiger partial charge in [0, 0.05) is 19.6 Å². The first kappa shape index (κ1) is 15.5. The first-order valence-corrected chi connectivity index (χ1v) is 6.78. The van der Waals surface area contributed by atoms with Crippen molar-refractivity contribution in [3.8, 4) is 0 Å². The Balaban J connectivity index is 3.00. The zero-order chi connectivity index (χ0) is 14.6. The summed E-state index contributed by atoms with van der Waals surface area (Å²) in [6.07, 6.45) is 0. The van der Waals surface area contributed by atoms with Crippen LogP contribution in [0.3, 0.4) is 0 Å². The van der Waals surface area contributed by atoms with Gasteiger partial charge in [0.15, 0.2) is 5.16 Å². The van der Waals surface area contributed by atoms with E-state index < -0.39 is 5.91 Å². The highest BCUT2D eigenvalue weighted by atomic mass is 32.2. The second kappa shape index (κ2) is 6.05. The number of aromatic nitrogens is 3. The smallest absolute Gasteiger partial charge is 0.230 e. The molecule has 1 heterocycles. The third kappa shape index (κ3) is 5.73. The molecule has 0 saturated carbocycles. The van der Waals surface area contributed by atoms with E-state index in [-0.39, 0.29) is 11.3 Å². The first-order valence-electron chi connectivity index (χ1n) is 5.80. The third-order valence-corrected chi connectivity index (χ3v) is 2.70. The second-order valence-electron chi connectivity index (χ2n) is 5.27. The summed E-state index contributed by atoms with van der Waals surface area (Å²) >= 11 is 1.20. The molecule has 0 aliphatic carbocycles. The van der Waals surface area contributed by atoms with Crippen molar-refractivity contribution >= 4 is 29.6 Å². The van der Waals surface area contributed by atoms with Crippen LogP contribution < -0.4 is 16.0 Å². The molecular weight excluding hydrogens is 264 g/mol. The van der Waals surface area contributed by atoms with Crippen LogP contribution in [-0.4, -0.2) is 46.2 Å². The van der Waals surface area contributed by atoms with Crippen molar-refractivity contribution in [1.82, 2.24) is 15.0 Å². The predicted molar refractivity (Wildman–Crippen MR) is 77.4 cm³/mol. The molecular formula is C11H20N6OS. The second-order valence-corrected chi connectivity index (χ2v) is 6.21. The van der Waals surface area contributed by atoms with E-state index >= 15 is 0 Å². The average molecular weight is 284 g/mol. The molecule has 0 atom stereocenters. The summed E-state index contributed by atoms with van der Waals surface area (Å²) in [7, 11) is 3.69. The van der Waals surface area contributed by atoms with Crippen LogP contribution in [0, 0.1) is 0 Å². The van der Waals surface area contributed by atoms with E-state index in [2.05, 4.69) is 20.3 Å². The molecule has 106 valence electrons. The van der Waals surface area contributed by atoms with E-state index in [0.717, 1.165) is 0 Å². The number of thioether (sulfide) groups is 1. The maximum atomic E-state index is 10.8. The number of anilines is 2. The van der Waals surface area contributed by atoms with E-state index in [1.807, 2.05) is 34.9 Å². The average Bonchev–Trinajstić information content (AvgIpc) is 2.23. The zero-order valence-electron chi connectivity index (χ0n) is 11.9. The van der Waals surface area contributed by atoms with E-state index in [9.17, 15) is 4.79 Å². The number of amides is 1. The summed E-state index contributed by atoms with van der Waals surface area (Å²) < 4.78 is 0. The summed E-state index contributed by atoms with van der Waals surface area (Å²) in [5, 5.41) is 3.66. The fourth-order valence-corrected chi connectivity index (χ4v) is 1.71. The lowest BCUT2D eigenvalue weighted by Crippen LogP contribution is -2.28. The molecule has 0 spiro atoms. The van der Waals surface area contributed by atoms with Crippen molar-refractivity contribution in [3.05, 3.63) is 0 Å². The molecule has 0 aromatic carbocycles. The van der Waals surface area contributed by atoms with Crippen LogP contribution in [0.15, 0.2) is 5.16 Å². The molecule has 0 fully saturated rings. The fourth-order valence-electron chi connectivity index (χ4n) is 1.14. The molecule has 0 aliphatic rings. The van der Waals surface area contributed by atoms with E-state index in [1.165, 1.54) is 11.8 Å². The minimum absolute atomic E-state index is 0.145. The Hall–Kier alpha value is -1.57. The van der Waals surface area contributed by atoms with Crippen molar-refractivity contribution < 1.29 is 4.79 Å². The molecule has 8 heteroatoms. The Morgan fingerprint density at radius 1 is 1.32 bits per heavy atom. The highest BCUT2D eigenvalue weighted by molar-refractivity contribution is 7.99. The van der Waals surface area contributed by atoms with Crippen molar-refractivity contribution in [3.63, 3.8) is 0 Å². The maximum absolute atomic E-state index is 10.8. The molecule has 1 rings (SSSR count). The number of carbonyl (C=O) groups is 1. The first-order chi connectivity index (χ1) is 8.67. The quantitative estimate of drug-likeness (QED) is 0.769. The number of nitrogens with two attached hydrogens (primary N) is 1. The molecule has 0 bridgehead atoms. The molecule has 1 aromatic rings. The number of nitrogens with one attached hydrogen (secondary N) is 1. The van der Waals surface area contributed by atoms with Crippen molar-refractivity contribution in [2.75, 3.05) is 30.1 Å². The molecule has 7 nitrogen and oxygen atoms in total. The summed E-state index contributed by atoms with van der Waals surface area (Å²) in [6, 6.07) is 0.